The van der Waals surface area contributed by atoms with Crippen LogP contribution in [0.25, 0.3) is 0 Å². The smallest absolute Gasteiger partial charge is 0.357 e. The number of ether oxygens (including phenoxy) is 2. The van der Waals surface area contributed by atoms with Gasteiger partial charge in [-0.05, 0) is 28.7 Å². The second-order valence-corrected chi connectivity index (χ2v) is 3.73. The first-order valence-corrected chi connectivity index (χ1v) is 5.20. The molecule has 1 aromatic heterocycles. The van der Waals surface area contributed by atoms with Crippen LogP contribution in [0.15, 0.2) is 6.07 Å². The maximum atomic E-state index is 12.7. The molecule has 7 heteroatoms. The lowest BCUT2D eigenvalue weighted by Crippen LogP contribution is -2.11. The molecule has 0 aliphatic rings. The monoisotopic (exact) mass is 343 g/mol. The maximum Gasteiger partial charge on any atom is 0.357 e. The Bertz CT molecular complexity index is 412. The van der Waals surface area contributed by atoms with E-state index in [-0.39, 0.29) is 11.4 Å². The Morgan fingerprint density at radius 2 is 2.12 bits per heavy atom. The number of halogens is 3. The van der Waals surface area contributed by atoms with Gasteiger partial charge in [0.15, 0.2) is 11.4 Å². The van der Waals surface area contributed by atoms with Crippen molar-refractivity contribution in [1.29, 1.82) is 0 Å². The fourth-order valence-electron chi connectivity index (χ4n) is 1.06. The summed E-state index contributed by atoms with van der Waals surface area (Å²) in [5.74, 6) is -0.695. The number of carbonyl (C=O) groups excluding carboxylic acids is 1. The summed E-state index contributed by atoms with van der Waals surface area (Å²) in [6.45, 7) is 0. The number of hydrogen-bond acceptors (Lipinski definition) is 4. The lowest BCUT2D eigenvalue weighted by molar-refractivity contribution is 0.0581. The normalized spacial score (nSPS) is 10.4. The Hall–Kier alpha value is -0.990. The number of pyridine rings is 1. The van der Waals surface area contributed by atoms with E-state index in [4.69, 9.17) is 4.74 Å². The van der Waals surface area contributed by atoms with Crippen LogP contribution >= 0.6 is 22.6 Å². The summed E-state index contributed by atoms with van der Waals surface area (Å²) >= 11 is 1.79. The zero-order valence-corrected chi connectivity index (χ0v) is 10.6. The Morgan fingerprint density at radius 1 is 1.50 bits per heavy atom. The van der Waals surface area contributed by atoms with Crippen molar-refractivity contribution in [2.24, 2.45) is 0 Å². The van der Waals surface area contributed by atoms with Gasteiger partial charge < -0.3 is 9.47 Å². The third kappa shape index (κ3) is 2.57. The molecule has 0 radical (unpaired) electrons. The van der Waals surface area contributed by atoms with Crippen LogP contribution in [0, 0.1) is 3.70 Å². The van der Waals surface area contributed by atoms with Crippen molar-refractivity contribution < 1.29 is 23.0 Å². The van der Waals surface area contributed by atoms with Crippen molar-refractivity contribution in [3.8, 4) is 5.75 Å². The van der Waals surface area contributed by atoms with E-state index in [1.165, 1.54) is 7.11 Å². The second-order valence-electron chi connectivity index (χ2n) is 2.71. The second kappa shape index (κ2) is 5.37. The zero-order chi connectivity index (χ0) is 12.3. The first kappa shape index (κ1) is 13.1. The highest BCUT2D eigenvalue weighted by molar-refractivity contribution is 14.1. The molecular formula is C9H8F2INO3. The first-order valence-electron chi connectivity index (χ1n) is 4.12. The molecule has 0 unspecified atom stereocenters. The van der Waals surface area contributed by atoms with E-state index < -0.39 is 18.0 Å². The number of methoxy groups -OCH3 is 2. The Balaban J connectivity index is 3.36. The average molecular weight is 343 g/mol. The van der Waals surface area contributed by atoms with Crippen molar-refractivity contribution >= 4 is 28.6 Å². The van der Waals surface area contributed by atoms with Gasteiger partial charge in [-0.25, -0.2) is 18.6 Å². The molecular weight excluding hydrogens is 335 g/mol. The van der Waals surface area contributed by atoms with Crippen molar-refractivity contribution in [1.82, 2.24) is 4.98 Å². The number of alkyl halides is 2. The highest BCUT2D eigenvalue weighted by atomic mass is 127. The summed E-state index contributed by atoms with van der Waals surface area (Å²) < 4.78 is 34.9. The van der Waals surface area contributed by atoms with Crippen LogP contribution in [-0.4, -0.2) is 25.2 Å². The maximum absolute atomic E-state index is 12.7. The molecule has 0 aliphatic heterocycles. The van der Waals surface area contributed by atoms with Gasteiger partial charge in [-0.2, -0.15) is 0 Å². The van der Waals surface area contributed by atoms with Crippen molar-refractivity contribution in [2.75, 3.05) is 14.2 Å². The number of esters is 1. The van der Waals surface area contributed by atoms with E-state index in [0.29, 0.717) is 3.70 Å². The minimum absolute atomic E-state index is 0.198. The Kier molecular flexibility index (Phi) is 4.39. The fourth-order valence-corrected chi connectivity index (χ4v) is 1.67. The Morgan fingerprint density at radius 3 is 2.56 bits per heavy atom. The van der Waals surface area contributed by atoms with Gasteiger partial charge in [0.2, 0.25) is 0 Å². The van der Waals surface area contributed by atoms with Gasteiger partial charge in [0.25, 0.3) is 6.43 Å². The fraction of sp³-hybridized carbons (Fsp3) is 0.333. The summed E-state index contributed by atoms with van der Waals surface area (Å²) in [6, 6.07) is 1.09. The van der Waals surface area contributed by atoms with Gasteiger partial charge in [-0.1, -0.05) is 0 Å². The number of hydrogen-bond donors (Lipinski definition) is 0. The van der Waals surface area contributed by atoms with Crippen LogP contribution < -0.4 is 4.74 Å². The summed E-state index contributed by atoms with van der Waals surface area (Å²) in [6.07, 6.45) is -2.81. The number of nitrogens with zero attached hydrogens (tertiary/aromatic N) is 1. The molecule has 16 heavy (non-hydrogen) atoms. The van der Waals surface area contributed by atoms with Crippen LogP contribution in [0.1, 0.15) is 22.5 Å². The predicted molar refractivity (Wildman–Crippen MR) is 59.8 cm³/mol. The molecule has 0 atom stereocenters. The summed E-state index contributed by atoms with van der Waals surface area (Å²) in [7, 11) is 2.45. The molecule has 0 aliphatic carbocycles. The molecule has 0 aromatic carbocycles. The molecule has 1 rings (SSSR count). The molecule has 1 aromatic rings. The van der Waals surface area contributed by atoms with Crippen LogP contribution in [0.3, 0.4) is 0 Å². The highest BCUT2D eigenvalue weighted by Crippen LogP contribution is 2.29. The van der Waals surface area contributed by atoms with E-state index in [2.05, 4.69) is 9.72 Å². The Labute approximate surface area is 104 Å². The minimum atomic E-state index is -2.81. The molecule has 0 bridgehead atoms. The third-order valence-corrected chi connectivity index (χ3v) is 2.58. The van der Waals surface area contributed by atoms with E-state index in [0.717, 1.165) is 13.2 Å². The largest absolute Gasteiger partial charge is 0.494 e. The molecule has 0 amide bonds. The van der Waals surface area contributed by atoms with Crippen molar-refractivity contribution in [2.45, 2.75) is 6.43 Å². The van der Waals surface area contributed by atoms with Gasteiger partial charge >= 0.3 is 5.97 Å². The number of carbonyl (C=O) groups is 1. The molecule has 0 spiro atoms. The van der Waals surface area contributed by atoms with Gasteiger partial charge in [0, 0.05) is 0 Å². The molecule has 0 N–H and O–H groups in total. The summed E-state index contributed by atoms with van der Waals surface area (Å²) in [4.78, 5) is 15.0. The molecule has 0 fully saturated rings. The van der Waals surface area contributed by atoms with Crippen LogP contribution in [0.4, 0.5) is 8.78 Å². The lowest BCUT2D eigenvalue weighted by atomic mass is 10.2. The lowest BCUT2D eigenvalue weighted by Gasteiger charge is -2.09. The average Bonchev–Trinajstić information content (AvgIpc) is 2.27. The molecule has 4 nitrogen and oxygen atoms in total. The summed E-state index contributed by atoms with van der Waals surface area (Å²) in [5, 5.41) is 0. The topological polar surface area (TPSA) is 48.4 Å². The zero-order valence-electron chi connectivity index (χ0n) is 8.46. The third-order valence-electron chi connectivity index (χ3n) is 1.81. The van der Waals surface area contributed by atoms with E-state index in [1.807, 2.05) is 0 Å². The molecule has 0 saturated carbocycles. The van der Waals surface area contributed by atoms with Gasteiger partial charge in [-0.3, -0.25) is 0 Å². The van der Waals surface area contributed by atoms with Gasteiger partial charge in [0.1, 0.15) is 3.70 Å². The van der Waals surface area contributed by atoms with E-state index >= 15 is 0 Å². The van der Waals surface area contributed by atoms with Crippen LogP contribution in [0.2, 0.25) is 0 Å². The SMILES string of the molecule is COC(=O)c1nc(I)c(OC)cc1C(F)F. The number of rotatable bonds is 3. The highest BCUT2D eigenvalue weighted by Gasteiger charge is 2.23. The standard InChI is InChI=1S/C9H8F2INO3/c1-15-5-3-4(7(10)11)6(9(14)16-2)13-8(5)12/h3,7H,1-2H3. The van der Waals surface area contributed by atoms with Gasteiger partial charge in [-0.15, -0.1) is 0 Å². The van der Waals surface area contributed by atoms with E-state index in [1.54, 1.807) is 22.6 Å². The van der Waals surface area contributed by atoms with Crippen LogP contribution in [-0.2, 0) is 4.74 Å². The minimum Gasteiger partial charge on any atom is -0.494 e. The van der Waals surface area contributed by atoms with Gasteiger partial charge in [0.05, 0.1) is 19.8 Å². The summed E-state index contributed by atoms with van der Waals surface area (Å²) in [5.41, 5.74) is -0.883. The molecule has 88 valence electrons. The van der Waals surface area contributed by atoms with Crippen molar-refractivity contribution in [3.63, 3.8) is 0 Å². The quantitative estimate of drug-likeness (QED) is 0.481. The predicted octanol–water partition coefficient (Wildman–Crippen LogP) is 2.42. The molecule has 1 heterocycles. The van der Waals surface area contributed by atoms with E-state index in [9.17, 15) is 13.6 Å². The first-order chi connectivity index (χ1) is 7.51. The molecule has 0 saturated heterocycles. The number of aromatic nitrogens is 1. The van der Waals surface area contributed by atoms with Crippen LogP contribution in [0.5, 0.6) is 5.75 Å². The van der Waals surface area contributed by atoms with Crippen molar-refractivity contribution in [3.05, 3.63) is 21.0 Å².